The summed E-state index contributed by atoms with van der Waals surface area (Å²) >= 11 is 3.66. The molecule has 1 aromatic heterocycles. The minimum absolute atomic E-state index is 0.146. The van der Waals surface area contributed by atoms with Crippen molar-refractivity contribution >= 4 is 34.2 Å². The molecule has 1 saturated heterocycles. The number of anilines is 1. The summed E-state index contributed by atoms with van der Waals surface area (Å²) in [5, 5.41) is 7.10. The fraction of sp³-hybridized carbons (Fsp3) is 0.692. The number of ether oxygens (including phenoxy) is 1. The van der Waals surface area contributed by atoms with E-state index in [1.807, 2.05) is 24.1 Å². The maximum Gasteiger partial charge on any atom is 0.306 e. The summed E-state index contributed by atoms with van der Waals surface area (Å²) in [5.41, 5.74) is 0.972. The average molecular weight is 300 g/mol. The van der Waals surface area contributed by atoms with Crippen molar-refractivity contribution in [2.24, 2.45) is 0 Å². The van der Waals surface area contributed by atoms with Crippen LogP contribution in [0.3, 0.4) is 0 Å². The van der Waals surface area contributed by atoms with Gasteiger partial charge in [0.2, 0.25) is 0 Å². The summed E-state index contributed by atoms with van der Waals surface area (Å²) < 4.78 is 4.90. The molecule has 106 valence electrons. The number of hydrogen-bond acceptors (Lipinski definition) is 6. The number of rotatable bonds is 7. The van der Waals surface area contributed by atoms with Gasteiger partial charge in [0.1, 0.15) is 0 Å². The van der Waals surface area contributed by atoms with Crippen LogP contribution in [0.15, 0.2) is 5.38 Å². The zero-order valence-electron chi connectivity index (χ0n) is 11.2. The second kappa shape index (κ2) is 7.75. The van der Waals surface area contributed by atoms with E-state index in [2.05, 4.69) is 10.3 Å². The molecular formula is C13H20N2O2S2. The van der Waals surface area contributed by atoms with Crippen LogP contribution < -0.4 is 5.32 Å². The molecule has 1 unspecified atom stereocenters. The van der Waals surface area contributed by atoms with Gasteiger partial charge in [-0.2, -0.15) is 11.8 Å². The van der Waals surface area contributed by atoms with Crippen LogP contribution in [0.25, 0.3) is 0 Å². The molecule has 0 spiro atoms. The summed E-state index contributed by atoms with van der Waals surface area (Å²) in [5.74, 6) is 1.14. The minimum atomic E-state index is -0.146. The normalized spacial score (nSPS) is 18.5. The Balaban J connectivity index is 1.70. The molecule has 0 amide bonds. The first-order valence-corrected chi connectivity index (χ1v) is 8.66. The van der Waals surface area contributed by atoms with E-state index >= 15 is 0 Å². The van der Waals surface area contributed by atoms with Gasteiger partial charge in [0.15, 0.2) is 5.13 Å². The number of aryl methyl sites for hydroxylation is 1. The molecule has 0 aromatic carbocycles. The van der Waals surface area contributed by atoms with Crippen molar-refractivity contribution in [1.82, 2.24) is 4.98 Å². The summed E-state index contributed by atoms with van der Waals surface area (Å²) in [4.78, 5) is 15.8. The molecule has 1 aliphatic rings. The van der Waals surface area contributed by atoms with Gasteiger partial charge in [-0.15, -0.1) is 11.3 Å². The SMILES string of the molecule is CCOC(=O)CCc1csc(NCC2CCCS2)n1. The molecule has 0 bridgehead atoms. The molecular weight excluding hydrogens is 280 g/mol. The predicted octanol–water partition coefficient (Wildman–Crippen LogP) is 2.95. The summed E-state index contributed by atoms with van der Waals surface area (Å²) in [7, 11) is 0. The third-order valence-corrected chi connectivity index (χ3v) is 5.19. The molecule has 1 N–H and O–H groups in total. The number of hydrogen-bond donors (Lipinski definition) is 1. The van der Waals surface area contributed by atoms with Crippen LogP contribution in [-0.2, 0) is 16.0 Å². The van der Waals surface area contributed by atoms with E-state index in [0.29, 0.717) is 19.4 Å². The van der Waals surface area contributed by atoms with Crippen molar-refractivity contribution < 1.29 is 9.53 Å². The highest BCUT2D eigenvalue weighted by Crippen LogP contribution is 2.26. The molecule has 2 heterocycles. The molecule has 0 radical (unpaired) electrons. The Kier molecular flexibility index (Phi) is 5.97. The van der Waals surface area contributed by atoms with Gasteiger partial charge in [-0.05, 0) is 25.5 Å². The number of thioether (sulfide) groups is 1. The van der Waals surface area contributed by atoms with E-state index in [1.54, 1.807) is 11.3 Å². The van der Waals surface area contributed by atoms with Crippen molar-refractivity contribution in [3.63, 3.8) is 0 Å². The predicted molar refractivity (Wildman–Crippen MR) is 81.0 cm³/mol. The standard InChI is InChI=1S/C13H20N2O2S2/c1-2-17-12(16)6-5-10-9-19-13(15-10)14-8-11-4-3-7-18-11/h9,11H,2-8H2,1H3,(H,14,15). The van der Waals surface area contributed by atoms with Crippen molar-refractivity contribution in [1.29, 1.82) is 0 Å². The molecule has 1 fully saturated rings. The molecule has 1 atom stereocenters. The van der Waals surface area contributed by atoms with E-state index in [0.717, 1.165) is 22.6 Å². The van der Waals surface area contributed by atoms with Crippen LogP contribution >= 0.6 is 23.1 Å². The lowest BCUT2D eigenvalue weighted by Gasteiger charge is -2.08. The number of carbonyl (C=O) groups is 1. The zero-order chi connectivity index (χ0) is 13.5. The van der Waals surface area contributed by atoms with E-state index in [1.165, 1.54) is 18.6 Å². The molecule has 1 aromatic rings. The Morgan fingerprint density at radius 1 is 1.63 bits per heavy atom. The molecule has 6 heteroatoms. The Morgan fingerprint density at radius 2 is 2.53 bits per heavy atom. The van der Waals surface area contributed by atoms with Crippen LogP contribution in [0, 0.1) is 0 Å². The third-order valence-electron chi connectivity index (χ3n) is 2.95. The molecule has 2 rings (SSSR count). The Morgan fingerprint density at radius 3 is 3.26 bits per heavy atom. The fourth-order valence-electron chi connectivity index (χ4n) is 1.97. The molecule has 0 aliphatic carbocycles. The highest BCUT2D eigenvalue weighted by Gasteiger charge is 2.15. The number of thiazole rings is 1. The van der Waals surface area contributed by atoms with Crippen molar-refractivity contribution in [3.05, 3.63) is 11.1 Å². The quantitative estimate of drug-likeness (QED) is 0.785. The molecule has 1 aliphatic heterocycles. The largest absolute Gasteiger partial charge is 0.466 e. The minimum Gasteiger partial charge on any atom is -0.466 e. The van der Waals surface area contributed by atoms with Crippen LogP contribution in [0.2, 0.25) is 0 Å². The first-order valence-electron chi connectivity index (χ1n) is 6.73. The number of nitrogens with one attached hydrogen (secondary N) is 1. The first-order chi connectivity index (χ1) is 9.28. The van der Waals surface area contributed by atoms with Crippen LogP contribution in [0.5, 0.6) is 0 Å². The van der Waals surface area contributed by atoms with Crippen molar-refractivity contribution in [3.8, 4) is 0 Å². The molecule has 19 heavy (non-hydrogen) atoms. The third kappa shape index (κ3) is 5.03. The van der Waals surface area contributed by atoms with Gasteiger partial charge < -0.3 is 10.1 Å². The molecule has 4 nitrogen and oxygen atoms in total. The van der Waals surface area contributed by atoms with Gasteiger partial charge in [0.25, 0.3) is 0 Å². The van der Waals surface area contributed by atoms with Gasteiger partial charge in [0, 0.05) is 23.6 Å². The smallest absolute Gasteiger partial charge is 0.306 e. The number of aromatic nitrogens is 1. The Hall–Kier alpha value is -0.750. The van der Waals surface area contributed by atoms with E-state index in [-0.39, 0.29) is 5.97 Å². The summed E-state index contributed by atoms with van der Waals surface area (Å²) in [6, 6.07) is 0. The van der Waals surface area contributed by atoms with Gasteiger partial charge in [-0.1, -0.05) is 0 Å². The van der Waals surface area contributed by atoms with Gasteiger partial charge in [0.05, 0.1) is 18.7 Å². The Labute approximate surface area is 122 Å². The molecule has 0 saturated carbocycles. The van der Waals surface area contributed by atoms with Crippen molar-refractivity contribution in [2.45, 2.75) is 37.9 Å². The Bertz CT molecular complexity index is 403. The van der Waals surface area contributed by atoms with Crippen LogP contribution in [0.1, 0.15) is 31.9 Å². The van der Waals surface area contributed by atoms with E-state index < -0.39 is 0 Å². The second-order valence-electron chi connectivity index (χ2n) is 4.46. The van der Waals surface area contributed by atoms with E-state index in [9.17, 15) is 4.79 Å². The first kappa shape index (κ1) is 14.7. The van der Waals surface area contributed by atoms with Crippen molar-refractivity contribution in [2.75, 3.05) is 24.2 Å². The average Bonchev–Trinajstić information content (AvgIpc) is 3.06. The maximum atomic E-state index is 11.3. The lowest BCUT2D eigenvalue weighted by molar-refractivity contribution is -0.143. The lowest BCUT2D eigenvalue weighted by Crippen LogP contribution is -2.13. The van der Waals surface area contributed by atoms with Crippen LogP contribution in [0.4, 0.5) is 5.13 Å². The summed E-state index contributed by atoms with van der Waals surface area (Å²) in [6.45, 7) is 3.26. The van der Waals surface area contributed by atoms with Gasteiger partial charge in [-0.25, -0.2) is 4.98 Å². The highest BCUT2D eigenvalue weighted by atomic mass is 32.2. The number of carbonyl (C=O) groups excluding carboxylic acids is 1. The van der Waals surface area contributed by atoms with Gasteiger partial charge >= 0.3 is 5.97 Å². The zero-order valence-corrected chi connectivity index (χ0v) is 12.8. The fourth-order valence-corrected chi connectivity index (χ4v) is 3.93. The topological polar surface area (TPSA) is 51.2 Å². The summed E-state index contributed by atoms with van der Waals surface area (Å²) in [6.07, 6.45) is 3.71. The monoisotopic (exact) mass is 300 g/mol. The highest BCUT2D eigenvalue weighted by molar-refractivity contribution is 8.00. The second-order valence-corrected chi connectivity index (χ2v) is 6.73. The lowest BCUT2D eigenvalue weighted by atomic mass is 10.2. The van der Waals surface area contributed by atoms with Gasteiger partial charge in [-0.3, -0.25) is 4.79 Å². The van der Waals surface area contributed by atoms with Crippen LogP contribution in [-0.4, -0.2) is 35.1 Å². The van der Waals surface area contributed by atoms with E-state index in [4.69, 9.17) is 4.74 Å². The number of nitrogens with zero attached hydrogens (tertiary/aromatic N) is 1. The number of esters is 1. The maximum absolute atomic E-state index is 11.3.